The van der Waals surface area contributed by atoms with E-state index in [1.54, 1.807) is 0 Å². The summed E-state index contributed by atoms with van der Waals surface area (Å²) in [4.78, 5) is 0. The second-order valence-corrected chi connectivity index (χ2v) is 6.85. The molecule has 0 aromatic carbocycles. The maximum Gasteiger partial charge on any atom is 0.0472 e. The van der Waals surface area contributed by atoms with E-state index in [2.05, 4.69) is 39.9 Å². The van der Waals surface area contributed by atoms with E-state index < -0.39 is 10.8 Å². The molecule has 0 radical (unpaired) electrons. The lowest BCUT2D eigenvalue weighted by Gasteiger charge is -2.23. The van der Waals surface area contributed by atoms with Crippen molar-refractivity contribution in [1.82, 2.24) is 5.32 Å². The first-order valence-electron chi connectivity index (χ1n) is 6.63. The fraction of sp³-hybridized carbons (Fsp3) is 1.00. The average Bonchev–Trinajstić information content (AvgIpc) is 2.26. The minimum Gasteiger partial charge on any atom is -0.313 e. The third-order valence-electron chi connectivity index (χ3n) is 2.97. The van der Waals surface area contributed by atoms with Crippen molar-refractivity contribution >= 4 is 10.8 Å². The van der Waals surface area contributed by atoms with Crippen LogP contribution >= 0.6 is 0 Å². The molecule has 1 N–H and O–H groups in total. The van der Waals surface area contributed by atoms with Crippen molar-refractivity contribution in [2.75, 3.05) is 12.3 Å². The van der Waals surface area contributed by atoms with Gasteiger partial charge in [-0.3, -0.25) is 4.21 Å². The number of nitrogens with one attached hydrogen (secondary N) is 1. The van der Waals surface area contributed by atoms with Crippen LogP contribution in [0.3, 0.4) is 0 Å². The topological polar surface area (TPSA) is 29.1 Å². The summed E-state index contributed by atoms with van der Waals surface area (Å²) in [6.07, 6.45) is 3.28. The molecule has 0 aliphatic rings. The van der Waals surface area contributed by atoms with E-state index >= 15 is 0 Å². The fourth-order valence-electron chi connectivity index (χ4n) is 1.69. The molecule has 16 heavy (non-hydrogen) atoms. The van der Waals surface area contributed by atoms with Gasteiger partial charge in [0.2, 0.25) is 0 Å². The van der Waals surface area contributed by atoms with Gasteiger partial charge in [0.25, 0.3) is 0 Å². The molecule has 0 bridgehead atoms. The zero-order valence-corrected chi connectivity index (χ0v) is 12.4. The van der Waals surface area contributed by atoms with Crippen molar-refractivity contribution in [1.29, 1.82) is 0 Å². The van der Waals surface area contributed by atoms with E-state index in [0.29, 0.717) is 12.0 Å². The lowest BCUT2D eigenvalue weighted by molar-refractivity contribution is 0.485. The molecule has 3 atom stereocenters. The molecule has 0 heterocycles. The summed E-state index contributed by atoms with van der Waals surface area (Å²) in [7, 11) is -0.681. The van der Waals surface area contributed by atoms with Gasteiger partial charge in [-0.05, 0) is 38.6 Å². The lowest BCUT2D eigenvalue weighted by atomic mass is 10.1. The molecule has 0 saturated carbocycles. The van der Waals surface area contributed by atoms with Crippen LogP contribution in [-0.2, 0) is 10.8 Å². The van der Waals surface area contributed by atoms with E-state index in [4.69, 9.17) is 0 Å². The van der Waals surface area contributed by atoms with Crippen LogP contribution in [0.4, 0.5) is 0 Å². The summed E-state index contributed by atoms with van der Waals surface area (Å²) >= 11 is 0. The van der Waals surface area contributed by atoms with Crippen LogP contribution in [0.5, 0.6) is 0 Å². The lowest BCUT2D eigenvalue weighted by Crippen LogP contribution is -2.41. The maximum atomic E-state index is 12.1. The Morgan fingerprint density at radius 3 is 2.25 bits per heavy atom. The van der Waals surface area contributed by atoms with Gasteiger partial charge in [0, 0.05) is 27.8 Å². The van der Waals surface area contributed by atoms with Crippen LogP contribution in [0.25, 0.3) is 0 Å². The van der Waals surface area contributed by atoms with Gasteiger partial charge in [-0.2, -0.15) is 0 Å². The number of hydrogen-bond donors (Lipinski definition) is 1. The highest BCUT2D eigenvalue weighted by Gasteiger charge is 2.20. The molecule has 3 unspecified atom stereocenters. The molecule has 2 nitrogen and oxygen atoms in total. The first-order chi connectivity index (χ1) is 7.52. The standard InChI is InChI=1S/C13H29NOS/c1-6-9-14-13(7-2)12(5)16(15)10-8-11(3)4/h11-14H,6-10H2,1-5H3. The van der Waals surface area contributed by atoms with Gasteiger partial charge in [-0.15, -0.1) is 0 Å². The smallest absolute Gasteiger partial charge is 0.0472 e. The van der Waals surface area contributed by atoms with Crippen LogP contribution in [0.2, 0.25) is 0 Å². The van der Waals surface area contributed by atoms with Crippen molar-refractivity contribution in [2.45, 2.75) is 65.2 Å². The highest BCUT2D eigenvalue weighted by molar-refractivity contribution is 7.85. The Hall–Kier alpha value is 0.110. The predicted molar refractivity (Wildman–Crippen MR) is 74.3 cm³/mol. The first kappa shape index (κ1) is 16.1. The van der Waals surface area contributed by atoms with Gasteiger partial charge >= 0.3 is 0 Å². The average molecular weight is 247 g/mol. The Balaban J connectivity index is 4.05. The molecule has 3 heteroatoms. The summed E-state index contributed by atoms with van der Waals surface area (Å²) < 4.78 is 12.1. The number of rotatable bonds is 9. The van der Waals surface area contributed by atoms with Crippen molar-refractivity contribution in [3.63, 3.8) is 0 Å². The monoisotopic (exact) mass is 247 g/mol. The summed E-state index contributed by atoms with van der Waals surface area (Å²) in [6.45, 7) is 11.9. The second-order valence-electron chi connectivity index (χ2n) is 4.94. The van der Waals surface area contributed by atoms with Gasteiger partial charge in [-0.25, -0.2) is 0 Å². The highest BCUT2D eigenvalue weighted by Crippen LogP contribution is 2.10. The largest absolute Gasteiger partial charge is 0.313 e. The fourth-order valence-corrected chi connectivity index (χ4v) is 3.42. The zero-order chi connectivity index (χ0) is 12.6. The van der Waals surface area contributed by atoms with Gasteiger partial charge in [0.1, 0.15) is 0 Å². The van der Waals surface area contributed by atoms with Gasteiger partial charge in [-0.1, -0.05) is 27.7 Å². The molecule has 0 amide bonds. The molecule has 0 aliphatic carbocycles. The highest BCUT2D eigenvalue weighted by atomic mass is 32.2. The number of hydrogen-bond acceptors (Lipinski definition) is 2. The summed E-state index contributed by atoms with van der Waals surface area (Å²) in [6, 6.07) is 0.410. The van der Waals surface area contributed by atoms with Gasteiger partial charge in [0.05, 0.1) is 0 Å². The van der Waals surface area contributed by atoms with E-state index in [0.717, 1.165) is 31.6 Å². The van der Waals surface area contributed by atoms with Crippen LogP contribution in [-0.4, -0.2) is 27.8 Å². The second kappa shape index (κ2) is 9.17. The van der Waals surface area contributed by atoms with Crippen molar-refractivity contribution in [2.24, 2.45) is 5.92 Å². The van der Waals surface area contributed by atoms with Gasteiger partial charge < -0.3 is 5.32 Å². The third-order valence-corrected chi connectivity index (χ3v) is 4.77. The molecule has 0 aliphatic heterocycles. The van der Waals surface area contributed by atoms with Crippen molar-refractivity contribution in [3.8, 4) is 0 Å². The van der Waals surface area contributed by atoms with Gasteiger partial charge in [0.15, 0.2) is 0 Å². The molecule has 0 fully saturated rings. The zero-order valence-electron chi connectivity index (χ0n) is 11.6. The Morgan fingerprint density at radius 2 is 1.81 bits per heavy atom. The minimum absolute atomic E-state index is 0.273. The van der Waals surface area contributed by atoms with Crippen molar-refractivity contribution in [3.05, 3.63) is 0 Å². The quantitative estimate of drug-likeness (QED) is 0.679. The third kappa shape index (κ3) is 6.64. The van der Waals surface area contributed by atoms with Crippen LogP contribution in [0, 0.1) is 5.92 Å². The SMILES string of the molecule is CCCNC(CC)C(C)S(=O)CCC(C)C. The molecule has 0 spiro atoms. The van der Waals surface area contributed by atoms with Crippen LogP contribution in [0.1, 0.15) is 53.9 Å². The molecule has 0 rings (SSSR count). The Bertz CT molecular complexity index is 194. The van der Waals surface area contributed by atoms with Crippen LogP contribution in [0.15, 0.2) is 0 Å². The Labute approximate surface area is 104 Å². The summed E-state index contributed by atoms with van der Waals surface area (Å²) in [5.74, 6) is 1.50. The molecular formula is C13H29NOS. The maximum absolute atomic E-state index is 12.1. The minimum atomic E-state index is -0.681. The van der Waals surface area contributed by atoms with E-state index in [9.17, 15) is 4.21 Å². The normalized spacial score (nSPS) is 17.4. The summed E-state index contributed by atoms with van der Waals surface area (Å²) in [5.41, 5.74) is 0. The molecule has 98 valence electrons. The molecule has 0 aromatic heterocycles. The van der Waals surface area contributed by atoms with Crippen molar-refractivity contribution < 1.29 is 4.21 Å². The van der Waals surface area contributed by atoms with Crippen LogP contribution < -0.4 is 5.32 Å². The van der Waals surface area contributed by atoms with E-state index in [1.807, 2.05) is 0 Å². The Kier molecular flexibility index (Phi) is 9.24. The molecule has 0 saturated heterocycles. The van der Waals surface area contributed by atoms with E-state index in [1.165, 1.54) is 0 Å². The molecular weight excluding hydrogens is 218 g/mol. The predicted octanol–water partition coefficient (Wildman–Crippen LogP) is 2.95. The van der Waals surface area contributed by atoms with E-state index in [-0.39, 0.29) is 5.25 Å². The summed E-state index contributed by atoms with van der Waals surface area (Å²) in [5, 5.41) is 3.77. The first-order valence-corrected chi connectivity index (χ1v) is 8.01. The Morgan fingerprint density at radius 1 is 1.19 bits per heavy atom. The molecule has 0 aromatic rings.